The molecule has 0 saturated carbocycles. The Bertz CT molecular complexity index is 683. The zero-order chi connectivity index (χ0) is 15.9. The molecule has 1 amide bonds. The van der Waals surface area contributed by atoms with Gasteiger partial charge in [-0.05, 0) is 39.9 Å². The second-order valence-electron chi connectivity index (χ2n) is 5.37. The van der Waals surface area contributed by atoms with Crippen LogP contribution >= 0.6 is 38.2 Å². The fourth-order valence-corrected chi connectivity index (χ4v) is 4.72. The molecule has 1 aromatic rings. The summed E-state index contributed by atoms with van der Waals surface area (Å²) < 4.78 is 23.3. The summed E-state index contributed by atoms with van der Waals surface area (Å²) in [5.74, 6) is 0.592. The number of carbonyl (C=O) groups is 1. The Kier molecular flexibility index (Phi) is 4.93. The molecule has 1 fully saturated rings. The van der Waals surface area contributed by atoms with Gasteiger partial charge < -0.3 is 4.90 Å². The van der Waals surface area contributed by atoms with Crippen molar-refractivity contribution in [3.05, 3.63) is 27.2 Å². The molecule has 0 radical (unpaired) electrons. The molecule has 0 aromatic heterocycles. The molecule has 0 N–H and O–H groups in total. The van der Waals surface area contributed by atoms with Gasteiger partial charge in [-0.2, -0.15) is 0 Å². The van der Waals surface area contributed by atoms with E-state index in [0.29, 0.717) is 24.9 Å². The third-order valence-electron chi connectivity index (χ3n) is 3.78. The number of carbonyl (C=O) groups excluding carboxylic acids is 1. The number of hydrogen-bond donors (Lipinski definition) is 0. The summed E-state index contributed by atoms with van der Waals surface area (Å²) in [6.45, 7) is 5.47. The number of halogens is 3. The molecule has 0 bridgehead atoms. The fourth-order valence-electron chi connectivity index (χ4n) is 2.34. The lowest BCUT2D eigenvalue weighted by atomic mass is 10.0. The Hall–Kier alpha value is -0.300. The van der Waals surface area contributed by atoms with Crippen molar-refractivity contribution >= 4 is 53.2 Å². The SMILES string of the molecule is CC1CN(C(=O)c2cc(Cl)c(Br)c(S(=O)(=O)Cl)c2)CC1C. The lowest BCUT2D eigenvalue weighted by Gasteiger charge is -2.17. The first-order valence-electron chi connectivity index (χ1n) is 6.34. The van der Waals surface area contributed by atoms with Gasteiger partial charge in [-0.25, -0.2) is 8.42 Å². The predicted molar refractivity (Wildman–Crippen MR) is 86.4 cm³/mol. The van der Waals surface area contributed by atoms with Gasteiger partial charge in [0.05, 0.1) is 14.4 Å². The third kappa shape index (κ3) is 3.55. The summed E-state index contributed by atoms with van der Waals surface area (Å²) in [5, 5.41) is 0.139. The number of likely N-dealkylation sites (tertiary alicyclic amines) is 1. The lowest BCUT2D eigenvalue weighted by Crippen LogP contribution is -2.29. The zero-order valence-corrected chi connectivity index (χ0v) is 15.4. The van der Waals surface area contributed by atoms with Gasteiger partial charge >= 0.3 is 0 Å². The van der Waals surface area contributed by atoms with Crippen LogP contribution in [0.5, 0.6) is 0 Å². The maximum atomic E-state index is 12.5. The molecule has 1 aliphatic heterocycles. The molecule has 2 rings (SSSR count). The molecule has 4 nitrogen and oxygen atoms in total. The van der Waals surface area contributed by atoms with Gasteiger partial charge in [0, 0.05) is 29.3 Å². The van der Waals surface area contributed by atoms with E-state index in [1.807, 2.05) is 0 Å². The molecule has 1 heterocycles. The molecular formula is C13H14BrCl2NO3S. The maximum absolute atomic E-state index is 12.5. The van der Waals surface area contributed by atoms with E-state index < -0.39 is 9.05 Å². The van der Waals surface area contributed by atoms with E-state index in [1.54, 1.807) is 4.90 Å². The van der Waals surface area contributed by atoms with Crippen LogP contribution in [0.15, 0.2) is 21.5 Å². The van der Waals surface area contributed by atoms with E-state index in [9.17, 15) is 13.2 Å². The van der Waals surface area contributed by atoms with Crippen molar-refractivity contribution in [3.8, 4) is 0 Å². The smallest absolute Gasteiger partial charge is 0.262 e. The second kappa shape index (κ2) is 6.07. The predicted octanol–water partition coefficient (Wildman–Crippen LogP) is 3.76. The van der Waals surface area contributed by atoms with Crippen LogP contribution < -0.4 is 0 Å². The van der Waals surface area contributed by atoms with E-state index in [4.69, 9.17) is 22.3 Å². The van der Waals surface area contributed by atoms with Crippen LogP contribution in [-0.2, 0) is 9.05 Å². The molecule has 2 atom stereocenters. The Labute approximate surface area is 142 Å². The van der Waals surface area contributed by atoms with Crippen LogP contribution in [0, 0.1) is 11.8 Å². The normalized spacial score (nSPS) is 22.6. The summed E-state index contributed by atoms with van der Waals surface area (Å²) in [5.41, 5.74) is 0.226. The van der Waals surface area contributed by atoms with Crippen molar-refractivity contribution in [2.75, 3.05) is 13.1 Å². The molecule has 1 aliphatic rings. The highest BCUT2D eigenvalue weighted by Crippen LogP contribution is 2.34. The molecule has 8 heteroatoms. The van der Waals surface area contributed by atoms with Crippen molar-refractivity contribution in [2.24, 2.45) is 11.8 Å². The van der Waals surface area contributed by atoms with Crippen molar-refractivity contribution in [2.45, 2.75) is 18.7 Å². The lowest BCUT2D eigenvalue weighted by molar-refractivity contribution is 0.0784. The van der Waals surface area contributed by atoms with Crippen LogP contribution in [0.2, 0.25) is 5.02 Å². The average Bonchev–Trinajstić information content (AvgIpc) is 2.70. The minimum atomic E-state index is -3.99. The molecular weight excluding hydrogens is 401 g/mol. The quantitative estimate of drug-likeness (QED) is 0.692. The van der Waals surface area contributed by atoms with Crippen LogP contribution in [-0.4, -0.2) is 32.3 Å². The second-order valence-corrected chi connectivity index (χ2v) is 9.11. The topological polar surface area (TPSA) is 54.5 Å². The first-order valence-corrected chi connectivity index (χ1v) is 9.82. The van der Waals surface area contributed by atoms with Crippen LogP contribution in [0.3, 0.4) is 0 Å². The van der Waals surface area contributed by atoms with E-state index in [-0.39, 0.29) is 25.9 Å². The van der Waals surface area contributed by atoms with Gasteiger partial charge in [-0.1, -0.05) is 25.4 Å². The number of amides is 1. The summed E-state index contributed by atoms with van der Waals surface area (Å²) in [6, 6.07) is 2.71. The Morgan fingerprint density at radius 3 is 2.29 bits per heavy atom. The largest absolute Gasteiger partial charge is 0.338 e. The molecule has 1 aromatic carbocycles. The molecule has 1 saturated heterocycles. The number of rotatable bonds is 2. The fraction of sp³-hybridized carbons (Fsp3) is 0.462. The van der Waals surface area contributed by atoms with E-state index >= 15 is 0 Å². The first-order chi connectivity index (χ1) is 9.61. The van der Waals surface area contributed by atoms with Gasteiger partial charge in [-0.15, -0.1) is 0 Å². The first kappa shape index (κ1) is 17.1. The van der Waals surface area contributed by atoms with Crippen LogP contribution in [0.4, 0.5) is 0 Å². The molecule has 0 spiro atoms. The Morgan fingerprint density at radius 2 is 1.81 bits per heavy atom. The minimum Gasteiger partial charge on any atom is -0.338 e. The van der Waals surface area contributed by atoms with Gasteiger partial charge in [0.1, 0.15) is 0 Å². The highest BCUT2D eigenvalue weighted by molar-refractivity contribution is 9.10. The molecule has 2 unspecified atom stereocenters. The van der Waals surface area contributed by atoms with E-state index in [2.05, 4.69) is 29.8 Å². The van der Waals surface area contributed by atoms with Crippen molar-refractivity contribution in [3.63, 3.8) is 0 Å². The average molecular weight is 415 g/mol. The minimum absolute atomic E-state index is 0.139. The number of nitrogens with zero attached hydrogens (tertiary/aromatic N) is 1. The monoisotopic (exact) mass is 413 g/mol. The summed E-state index contributed by atoms with van der Waals surface area (Å²) in [7, 11) is 1.39. The molecule has 116 valence electrons. The Morgan fingerprint density at radius 1 is 1.29 bits per heavy atom. The third-order valence-corrected chi connectivity index (χ3v) is 6.77. The van der Waals surface area contributed by atoms with E-state index in [0.717, 1.165) is 0 Å². The summed E-state index contributed by atoms with van der Waals surface area (Å²) in [6.07, 6.45) is 0. The summed E-state index contributed by atoms with van der Waals surface area (Å²) in [4.78, 5) is 14.0. The standard InChI is InChI=1S/C13H14BrCl2NO3S/c1-7-5-17(6-8(7)2)13(18)9-3-10(15)12(14)11(4-9)21(16,19)20/h3-4,7-8H,5-6H2,1-2H3. The number of benzene rings is 1. The zero-order valence-electron chi connectivity index (χ0n) is 11.4. The molecule has 0 aliphatic carbocycles. The molecule has 21 heavy (non-hydrogen) atoms. The van der Waals surface area contributed by atoms with Gasteiger partial charge in [0.15, 0.2) is 0 Å². The van der Waals surface area contributed by atoms with E-state index in [1.165, 1.54) is 12.1 Å². The van der Waals surface area contributed by atoms with Crippen LogP contribution in [0.25, 0.3) is 0 Å². The van der Waals surface area contributed by atoms with Crippen molar-refractivity contribution < 1.29 is 13.2 Å². The van der Waals surface area contributed by atoms with Gasteiger partial charge in [0.2, 0.25) is 0 Å². The van der Waals surface area contributed by atoms with Crippen molar-refractivity contribution in [1.29, 1.82) is 0 Å². The van der Waals surface area contributed by atoms with Crippen molar-refractivity contribution in [1.82, 2.24) is 4.90 Å². The summed E-state index contributed by atoms with van der Waals surface area (Å²) >= 11 is 9.07. The highest BCUT2D eigenvalue weighted by Gasteiger charge is 2.31. The van der Waals surface area contributed by atoms with Gasteiger partial charge in [0.25, 0.3) is 15.0 Å². The number of hydrogen-bond acceptors (Lipinski definition) is 3. The van der Waals surface area contributed by atoms with Gasteiger partial charge in [-0.3, -0.25) is 4.79 Å². The Balaban J connectivity index is 2.42. The van der Waals surface area contributed by atoms with Crippen LogP contribution in [0.1, 0.15) is 24.2 Å². The highest BCUT2D eigenvalue weighted by atomic mass is 79.9. The maximum Gasteiger partial charge on any atom is 0.262 e.